The minimum Gasteiger partial charge on any atom is -0.461 e. The molecule has 0 spiro atoms. The Balaban J connectivity index is 2.53. The topological polar surface area (TPSA) is 69.2 Å². The van der Waals surface area contributed by atoms with Crippen molar-refractivity contribution in [3.05, 3.63) is 34.5 Å². The van der Waals surface area contributed by atoms with Crippen LogP contribution in [0.1, 0.15) is 39.6 Å². The molecule has 0 amide bonds. The highest BCUT2D eigenvalue weighted by Gasteiger charge is 2.23. The molecule has 2 aromatic heterocycles. The molecule has 2 rings (SSSR count). The molecule has 0 saturated heterocycles. The Kier molecular flexibility index (Phi) is 4.24. The Morgan fingerprint density at radius 1 is 1.40 bits per heavy atom. The number of thiazole rings is 1. The molecule has 0 aromatic carbocycles. The van der Waals surface area contributed by atoms with E-state index in [2.05, 4.69) is 9.97 Å². The van der Waals surface area contributed by atoms with Crippen LogP contribution >= 0.6 is 11.3 Å². The second kappa shape index (κ2) is 5.92. The van der Waals surface area contributed by atoms with Gasteiger partial charge in [0.25, 0.3) is 0 Å². The quantitative estimate of drug-likeness (QED) is 0.639. The lowest BCUT2D eigenvalue weighted by atomic mass is 10.2. The number of aryl methyl sites for hydroxylation is 1. The minimum absolute atomic E-state index is 0.0735. The summed E-state index contributed by atoms with van der Waals surface area (Å²) in [6.45, 7) is 5.26. The number of pyridine rings is 1. The number of rotatable bonds is 4. The second-order valence-corrected chi connectivity index (χ2v) is 5.14. The number of aromatic nitrogens is 2. The molecule has 0 aliphatic rings. The van der Waals surface area contributed by atoms with E-state index >= 15 is 0 Å². The summed E-state index contributed by atoms with van der Waals surface area (Å²) in [5.41, 5.74) is 1.69. The summed E-state index contributed by atoms with van der Waals surface area (Å²) in [5.74, 6) is -0.779. The van der Waals surface area contributed by atoms with Gasteiger partial charge in [-0.25, -0.2) is 9.78 Å². The Hall–Kier alpha value is -2.08. The van der Waals surface area contributed by atoms with E-state index in [1.165, 1.54) is 18.3 Å². The first-order chi connectivity index (χ1) is 9.54. The first-order valence-electron chi connectivity index (χ1n) is 6.15. The van der Waals surface area contributed by atoms with Gasteiger partial charge in [-0.2, -0.15) is 0 Å². The molecule has 0 N–H and O–H groups in total. The average molecular weight is 290 g/mol. The van der Waals surface area contributed by atoms with Gasteiger partial charge < -0.3 is 4.74 Å². The minimum atomic E-state index is -0.575. The predicted molar refractivity (Wildman–Crippen MR) is 76.0 cm³/mol. The zero-order valence-corrected chi connectivity index (χ0v) is 12.3. The summed E-state index contributed by atoms with van der Waals surface area (Å²) >= 11 is 1.17. The Labute approximate surface area is 120 Å². The van der Waals surface area contributed by atoms with E-state index in [1.807, 2.05) is 19.1 Å². The van der Waals surface area contributed by atoms with Crippen LogP contribution in [0.2, 0.25) is 0 Å². The van der Waals surface area contributed by atoms with Gasteiger partial charge in [-0.3, -0.25) is 9.78 Å². The third-order valence-corrected chi connectivity index (χ3v) is 3.79. The van der Waals surface area contributed by atoms with Crippen LogP contribution in [0.15, 0.2) is 18.3 Å². The molecule has 20 heavy (non-hydrogen) atoms. The van der Waals surface area contributed by atoms with Crippen molar-refractivity contribution in [3.63, 3.8) is 0 Å². The van der Waals surface area contributed by atoms with E-state index in [-0.39, 0.29) is 18.1 Å². The van der Waals surface area contributed by atoms with Gasteiger partial charge in [0.1, 0.15) is 15.6 Å². The predicted octanol–water partition coefficient (Wildman–Crippen LogP) is 2.89. The molecule has 0 fully saturated rings. The highest BCUT2D eigenvalue weighted by atomic mass is 32.1. The molecule has 2 heterocycles. The van der Waals surface area contributed by atoms with Crippen LogP contribution in [-0.2, 0) is 4.74 Å². The molecule has 6 heteroatoms. The second-order valence-electron chi connectivity index (χ2n) is 4.14. The first kappa shape index (κ1) is 14.3. The summed E-state index contributed by atoms with van der Waals surface area (Å²) in [6, 6.07) is 3.73. The van der Waals surface area contributed by atoms with Crippen molar-refractivity contribution < 1.29 is 14.3 Å². The number of carbonyl (C=O) groups is 2. The number of ether oxygens (including phenoxy) is 1. The fourth-order valence-corrected chi connectivity index (χ4v) is 2.72. The van der Waals surface area contributed by atoms with Gasteiger partial charge in [0.05, 0.1) is 6.61 Å². The summed E-state index contributed by atoms with van der Waals surface area (Å²) in [6.07, 6.45) is 1.65. The fraction of sp³-hybridized carbons (Fsp3) is 0.286. The molecule has 2 aromatic rings. The monoisotopic (exact) mass is 290 g/mol. The lowest BCUT2D eigenvalue weighted by Gasteiger charge is -1.99. The maximum absolute atomic E-state index is 11.8. The van der Waals surface area contributed by atoms with Crippen LogP contribution < -0.4 is 0 Å². The Morgan fingerprint density at radius 2 is 2.15 bits per heavy atom. The van der Waals surface area contributed by atoms with Crippen LogP contribution in [0.5, 0.6) is 0 Å². The van der Waals surface area contributed by atoms with E-state index in [0.29, 0.717) is 15.6 Å². The van der Waals surface area contributed by atoms with Gasteiger partial charge in [0, 0.05) is 13.1 Å². The molecule has 0 aliphatic carbocycles. The summed E-state index contributed by atoms with van der Waals surface area (Å²) in [7, 11) is 0. The average Bonchev–Trinajstić information content (AvgIpc) is 2.84. The van der Waals surface area contributed by atoms with Crippen molar-refractivity contribution in [2.75, 3.05) is 6.61 Å². The van der Waals surface area contributed by atoms with E-state index in [0.717, 1.165) is 5.56 Å². The number of carbonyl (C=O) groups excluding carboxylic acids is 2. The smallest absolute Gasteiger partial charge is 0.358 e. The third-order valence-electron chi connectivity index (χ3n) is 2.63. The molecular weight excluding hydrogens is 276 g/mol. The van der Waals surface area contributed by atoms with Gasteiger partial charge in [-0.05, 0) is 25.5 Å². The maximum Gasteiger partial charge on any atom is 0.358 e. The van der Waals surface area contributed by atoms with Crippen molar-refractivity contribution in [1.82, 2.24) is 9.97 Å². The Morgan fingerprint density at radius 3 is 2.75 bits per heavy atom. The van der Waals surface area contributed by atoms with E-state index < -0.39 is 5.97 Å². The van der Waals surface area contributed by atoms with E-state index in [4.69, 9.17) is 4.74 Å². The summed E-state index contributed by atoms with van der Waals surface area (Å²) in [5, 5.41) is 0.552. The van der Waals surface area contributed by atoms with Crippen molar-refractivity contribution in [2.45, 2.75) is 20.8 Å². The van der Waals surface area contributed by atoms with Crippen LogP contribution in [-0.4, -0.2) is 28.3 Å². The lowest BCUT2D eigenvalue weighted by molar-refractivity contribution is 0.0517. The first-order valence-corrected chi connectivity index (χ1v) is 6.97. The molecule has 0 atom stereocenters. The third kappa shape index (κ3) is 2.75. The van der Waals surface area contributed by atoms with Gasteiger partial charge >= 0.3 is 5.97 Å². The maximum atomic E-state index is 11.8. The number of hydrogen-bond acceptors (Lipinski definition) is 6. The number of hydrogen-bond donors (Lipinski definition) is 0. The molecule has 0 radical (unpaired) electrons. The molecule has 0 bridgehead atoms. The lowest BCUT2D eigenvalue weighted by Crippen LogP contribution is -2.09. The van der Waals surface area contributed by atoms with Crippen LogP contribution in [0.3, 0.4) is 0 Å². The number of ketones is 1. The number of Topliss-reactive ketones (excluding diaryl/α,β-unsaturated/α-hetero) is 1. The van der Waals surface area contributed by atoms with Crippen LogP contribution in [0, 0.1) is 6.92 Å². The Bertz CT molecular complexity index is 664. The standard InChI is InChI=1S/C14H14N2O3S/c1-4-19-14(18)11-12(9(3)17)20-13(16-11)10-8(2)6-5-7-15-10/h5-7H,4H2,1-3H3. The van der Waals surface area contributed by atoms with Gasteiger partial charge in [-0.15, -0.1) is 11.3 Å². The summed E-state index contributed by atoms with van der Waals surface area (Å²) < 4.78 is 4.93. The molecule has 0 unspecified atom stereocenters. The molecule has 104 valence electrons. The number of nitrogens with zero attached hydrogens (tertiary/aromatic N) is 2. The van der Waals surface area contributed by atoms with Crippen molar-refractivity contribution in [3.8, 4) is 10.7 Å². The zero-order valence-electron chi connectivity index (χ0n) is 11.5. The van der Waals surface area contributed by atoms with E-state index in [1.54, 1.807) is 13.1 Å². The van der Waals surface area contributed by atoms with Crippen LogP contribution in [0.4, 0.5) is 0 Å². The normalized spacial score (nSPS) is 10.3. The summed E-state index contributed by atoms with van der Waals surface area (Å²) in [4.78, 5) is 32.3. The van der Waals surface area contributed by atoms with Crippen molar-refractivity contribution in [2.24, 2.45) is 0 Å². The van der Waals surface area contributed by atoms with Crippen molar-refractivity contribution >= 4 is 23.1 Å². The molecule has 0 saturated carbocycles. The molecule has 0 aliphatic heterocycles. The van der Waals surface area contributed by atoms with Crippen molar-refractivity contribution in [1.29, 1.82) is 0 Å². The largest absolute Gasteiger partial charge is 0.461 e. The molecule has 5 nitrogen and oxygen atoms in total. The van der Waals surface area contributed by atoms with Gasteiger partial charge in [-0.1, -0.05) is 6.07 Å². The van der Waals surface area contributed by atoms with E-state index in [9.17, 15) is 9.59 Å². The number of esters is 1. The fourth-order valence-electron chi connectivity index (χ4n) is 1.71. The van der Waals surface area contributed by atoms with Crippen LogP contribution in [0.25, 0.3) is 10.7 Å². The van der Waals surface area contributed by atoms with Gasteiger partial charge in [0.15, 0.2) is 11.5 Å². The highest BCUT2D eigenvalue weighted by Crippen LogP contribution is 2.29. The SMILES string of the molecule is CCOC(=O)c1nc(-c2ncccc2C)sc1C(C)=O. The van der Waals surface area contributed by atoms with Gasteiger partial charge in [0.2, 0.25) is 0 Å². The highest BCUT2D eigenvalue weighted by molar-refractivity contribution is 7.17. The molecular formula is C14H14N2O3S. The zero-order chi connectivity index (χ0) is 14.7.